The van der Waals surface area contributed by atoms with Gasteiger partial charge in [0.05, 0.1) is 22.5 Å². The number of thiazole rings is 1. The van der Waals surface area contributed by atoms with Gasteiger partial charge in [-0.25, -0.2) is 9.78 Å². The lowest BCUT2D eigenvalue weighted by Gasteiger charge is -2.11. The molecule has 9 heteroatoms. The SMILES string of the molecule is CCOc1ccc(-n2c(C)cc(C=C(C#N)C(=O)OCc3cc(=O)n4c(n3)sc3ccccc34)c2C)cc1. The van der Waals surface area contributed by atoms with E-state index >= 15 is 0 Å². The lowest BCUT2D eigenvalue weighted by molar-refractivity contribution is -0.139. The summed E-state index contributed by atoms with van der Waals surface area (Å²) >= 11 is 1.38. The van der Waals surface area contributed by atoms with Crippen LogP contribution in [-0.4, -0.2) is 26.5 Å². The lowest BCUT2D eigenvalue weighted by atomic mass is 10.1. The smallest absolute Gasteiger partial charge is 0.349 e. The van der Waals surface area contributed by atoms with E-state index in [1.54, 1.807) is 0 Å². The Bertz CT molecular complexity index is 1800. The average molecular weight is 525 g/mol. The summed E-state index contributed by atoms with van der Waals surface area (Å²) in [5.41, 5.74) is 4.20. The highest BCUT2D eigenvalue weighted by atomic mass is 32.1. The topological polar surface area (TPSA) is 98.6 Å². The molecule has 0 saturated heterocycles. The van der Waals surface area contributed by atoms with E-state index in [0.717, 1.165) is 38.6 Å². The van der Waals surface area contributed by atoms with Crippen molar-refractivity contribution in [3.8, 4) is 17.5 Å². The van der Waals surface area contributed by atoms with Crippen molar-refractivity contribution in [2.45, 2.75) is 27.4 Å². The molecule has 3 aromatic heterocycles. The van der Waals surface area contributed by atoms with Gasteiger partial charge >= 0.3 is 5.97 Å². The molecule has 0 N–H and O–H groups in total. The number of fused-ring (bicyclic) bond motifs is 3. The van der Waals surface area contributed by atoms with E-state index in [2.05, 4.69) is 4.98 Å². The number of carbonyl (C=O) groups excluding carboxylic acids is 1. The van der Waals surface area contributed by atoms with Gasteiger partial charge in [-0.05, 0) is 74.9 Å². The van der Waals surface area contributed by atoms with Crippen LogP contribution in [0.15, 0.2) is 71.0 Å². The number of aryl methyl sites for hydroxylation is 1. The van der Waals surface area contributed by atoms with Gasteiger partial charge < -0.3 is 14.0 Å². The standard InChI is InChI=1S/C29H24N4O4S/c1-4-36-24-11-9-23(10-12-24)32-18(2)13-20(19(32)3)14-21(16-30)28(35)37-17-22-15-27(34)33-25-7-5-6-8-26(25)38-29(33)31-22/h5-15H,4,17H2,1-3H3. The minimum absolute atomic E-state index is 0.142. The normalized spacial score (nSPS) is 11.6. The molecular weight excluding hydrogens is 500 g/mol. The first-order valence-electron chi connectivity index (χ1n) is 12.0. The number of ether oxygens (including phenoxy) is 2. The van der Waals surface area contributed by atoms with Crippen molar-refractivity contribution in [2.75, 3.05) is 6.61 Å². The third-order valence-electron chi connectivity index (χ3n) is 6.12. The zero-order valence-corrected chi connectivity index (χ0v) is 21.9. The van der Waals surface area contributed by atoms with Crippen molar-refractivity contribution in [2.24, 2.45) is 0 Å². The van der Waals surface area contributed by atoms with Crippen LogP contribution in [0.4, 0.5) is 0 Å². The Balaban J connectivity index is 1.36. The van der Waals surface area contributed by atoms with Gasteiger partial charge in [0.2, 0.25) is 0 Å². The number of esters is 1. The Hall–Kier alpha value is -4.68. The maximum absolute atomic E-state index is 12.8. The predicted octanol–water partition coefficient (Wildman–Crippen LogP) is 5.37. The van der Waals surface area contributed by atoms with Gasteiger partial charge in [-0.2, -0.15) is 5.26 Å². The van der Waals surface area contributed by atoms with Crippen LogP contribution in [-0.2, 0) is 16.1 Å². The Kier molecular flexibility index (Phi) is 6.81. The molecule has 0 aliphatic rings. The van der Waals surface area contributed by atoms with Crippen molar-refractivity contribution >= 4 is 38.6 Å². The van der Waals surface area contributed by atoms with Gasteiger partial charge in [0, 0.05) is 23.1 Å². The first kappa shape index (κ1) is 25.0. The van der Waals surface area contributed by atoms with Crippen LogP contribution in [0.1, 0.15) is 29.6 Å². The minimum atomic E-state index is -0.781. The van der Waals surface area contributed by atoms with Crippen molar-refractivity contribution in [1.82, 2.24) is 14.0 Å². The molecule has 190 valence electrons. The molecule has 0 saturated carbocycles. The fourth-order valence-corrected chi connectivity index (χ4v) is 5.45. The molecule has 0 amide bonds. The Morgan fingerprint density at radius 2 is 1.89 bits per heavy atom. The molecule has 0 aliphatic heterocycles. The van der Waals surface area contributed by atoms with Crippen molar-refractivity contribution in [3.63, 3.8) is 0 Å². The summed E-state index contributed by atoms with van der Waals surface area (Å²) in [6, 6.07) is 20.5. The predicted molar refractivity (Wildman–Crippen MR) is 147 cm³/mol. The van der Waals surface area contributed by atoms with E-state index in [4.69, 9.17) is 9.47 Å². The van der Waals surface area contributed by atoms with Crippen molar-refractivity contribution < 1.29 is 14.3 Å². The van der Waals surface area contributed by atoms with Gasteiger partial charge in [-0.15, -0.1) is 0 Å². The second-order valence-electron chi connectivity index (χ2n) is 8.61. The summed E-state index contributed by atoms with van der Waals surface area (Å²) in [6.45, 7) is 6.19. The zero-order valence-electron chi connectivity index (χ0n) is 21.1. The number of hydrogen-bond donors (Lipinski definition) is 0. The van der Waals surface area contributed by atoms with Crippen LogP contribution in [0.3, 0.4) is 0 Å². The van der Waals surface area contributed by atoms with E-state index < -0.39 is 5.97 Å². The molecule has 5 rings (SSSR count). The largest absolute Gasteiger partial charge is 0.494 e. The number of para-hydroxylation sites is 1. The lowest BCUT2D eigenvalue weighted by Crippen LogP contribution is -2.15. The van der Waals surface area contributed by atoms with Gasteiger partial charge in [0.1, 0.15) is 24.0 Å². The van der Waals surface area contributed by atoms with Crippen LogP contribution in [0.25, 0.3) is 26.9 Å². The van der Waals surface area contributed by atoms with Gasteiger partial charge in [-0.3, -0.25) is 9.20 Å². The second-order valence-corrected chi connectivity index (χ2v) is 9.62. The van der Waals surface area contributed by atoms with Crippen LogP contribution in [0.5, 0.6) is 5.75 Å². The number of rotatable bonds is 7. The highest BCUT2D eigenvalue weighted by molar-refractivity contribution is 7.23. The van der Waals surface area contributed by atoms with Crippen LogP contribution < -0.4 is 10.3 Å². The molecule has 8 nitrogen and oxygen atoms in total. The molecule has 0 fully saturated rings. The van der Waals surface area contributed by atoms with E-state index in [1.807, 2.05) is 86.0 Å². The number of carbonyl (C=O) groups is 1. The average Bonchev–Trinajstić information content (AvgIpc) is 3.42. The first-order chi connectivity index (χ1) is 18.4. The number of nitriles is 1. The number of aromatic nitrogens is 3. The van der Waals surface area contributed by atoms with Crippen molar-refractivity contribution in [1.29, 1.82) is 5.26 Å². The van der Waals surface area contributed by atoms with Gasteiger partial charge in [0.15, 0.2) is 4.96 Å². The third kappa shape index (κ3) is 4.69. The molecule has 0 unspecified atom stereocenters. The molecule has 0 atom stereocenters. The summed E-state index contributed by atoms with van der Waals surface area (Å²) in [4.78, 5) is 30.5. The fourth-order valence-electron chi connectivity index (χ4n) is 4.40. The number of benzene rings is 2. The van der Waals surface area contributed by atoms with Crippen LogP contribution in [0, 0.1) is 25.2 Å². The van der Waals surface area contributed by atoms with Crippen LogP contribution in [0.2, 0.25) is 0 Å². The summed E-state index contributed by atoms with van der Waals surface area (Å²) in [7, 11) is 0. The summed E-state index contributed by atoms with van der Waals surface area (Å²) in [5, 5.41) is 9.68. The van der Waals surface area contributed by atoms with E-state index in [9.17, 15) is 14.9 Å². The summed E-state index contributed by atoms with van der Waals surface area (Å²) in [6.07, 6.45) is 1.52. The Morgan fingerprint density at radius 1 is 1.13 bits per heavy atom. The molecule has 0 bridgehead atoms. The second kappa shape index (κ2) is 10.4. The zero-order chi connectivity index (χ0) is 26.8. The molecule has 5 aromatic rings. The molecular formula is C29H24N4O4S. The highest BCUT2D eigenvalue weighted by Gasteiger charge is 2.16. The molecule has 2 aromatic carbocycles. The summed E-state index contributed by atoms with van der Waals surface area (Å²) < 4.78 is 15.4. The van der Waals surface area contributed by atoms with Gasteiger partial charge in [-0.1, -0.05) is 23.5 Å². The third-order valence-corrected chi connectivity index (χ3v) is 7.14. The monoisotopic (exact) mass is 524 g/mol. The Labute approximate surface area is 222 Å². The minimum Gasteiger partial charge on any atom is -0.494 e. The van der Waals surface area contributed by atoms with Crippen molar-refractivity contribution in [3.05, 3.63) is 99.2 Å². The fraction of sp³-hybridized carbons (Fsp3) is 0.172. The Morgan fingerprint density at radius 3 is 2.63 bits per heavy atom. The molecule has 3 heterocycles. The first-order valence-corrected chi connectivity index (χ1v) is 12.8. The maximum Gasteiger partial charge on any atom is 0.349 e. The molecule has 0 aliphatic carbocycles. The molecule has 38 heavy (non-hydrogen) atoms. The van der Waals surface area contributed by atoms with Crippen LogP contribution >= 0.6 is 11.3 Å². The molecule has 0 spiro atoms. The van der Waals surface area contributed by atoms with Gasteiger partial charge in [0.25, 0.3) is 5.56 Å². The number of nitrogens with zero attached hydrogens (tertiary/aromatic N) is 4. The summed E-state index contributed by atoms with van der Waals surface area (Å²) in [5.74, 6) is 0.00809. The van der Waals surface area contributed by atoms with E-state index in [-0.39, 0.29) is 17.7 Å². The highest BCUT2D eigenvalue weighted by Crippen LogP contribution is 2.25. The maximum atomic E-state index is 12.8. The molecule has 0 radical (unpaired) electrons. The van der Waals surface area contributed by atoms with E-state index in [1.165, 1.54) is 27.9 Å². The quantitative estimate of drug-likeness (QED) is 0.161. The number of hydrogen-bond acceptors (Lipinski definition) is 7. The van der Waals surface area contributed by atoms with E-state index in [0.29, 0.717) is 17.3 Å².